The molecule has 23 heavy (non-hydrogen) atoms. The van der Waals surface area contributed by atoms with Gasteiger partial charge in [-0.15, -0.1) is 0 Å². The summed E-state index contributed by atoms with van der Waals surface area (Å²) in [6, 6.07) is 4.10. The number of H-pyrrole nitrogens is 1. The lowest BCUT2D eigenvalue weighted by Gasteiger charge is -2.31. The van der Waals surface area contributed by atoms with Crippen molar-refractivity contribution >= 4 is 17.0 Å². The number of nitrogens with zero attached hydrogens (tertiary/aromatic N) is 5. The monoisotopic (exact) mass is 309 g/mol. The number of pyridine rings is 1. The summed E-state index contributed by atoms with van der Waals surface area (Å²) in [6.45, 7) is 3.00. The molecule has 4 rings (SSSR count). The van der Waals surface area contributed by atoms with Crippen LogP contribution in [0.1, 0.15) is 30.1 Å². The predicted octanol–water partition coefficient (Wildman–Crippen LogP) is 1.71. The molecule has 0 radical (unpaired) electrons. The molecule has 1 fully saturated rings. The molecule has 0 atom stereocenters. The standard InChI is InChI=1S/C16H19N7/c17-14-13-16(20-10-19-13)22-15(21-14)12-3-6-23(7-4-12)9-11-2-1-5-18-8-11/h1-2,5,8,10,12H,3-4,6-7,9H2,(H3,17,19,20,21,22). The lowest BCUT2D eigenvalue weighted by molar-refractivity contribution is 0.201. The van der Waals surface area contributed by atoms with Gasteiger partial charge in [-0.1, -0.05) is 6.07 Å². The second-order valence-corrected chi connectivity index (χ2v) is 5.98. The van der Waals surface area contributed by atoms with E-state index in [1.807, 2.05) is 18.5 Å². The number of likely N-dealkylation sites (tertiary alicyclic amines) is 1. The van der Waals surface area contributed by atoms with Crippen LogP contribution in [-0.4, -0.2) is 42.9 Å². The Hall–Kier alpha value is -2.54. The van der Waals surface area contributed by atoms with Crippen LogP contribution >= 0.6 is 0 Å². The van der Waals surface area contributed by atoms with E-state index in [1.165, 1.54) is 5.56 Å². The molecule has 7 nitrogen and oxygen atoms in total. The fourth-order valence-electron chi connectivity index (χ4n) is 3.15. The van der Waals surface area contributed by atoms with Crippen LogP contribution in [-0.2, 0) is 6.54 Å². The van der Waals surface area contributed by atoms with E-state index in [9.17, 15) is 0 Å². The third kappa shape index (κ3) is 2.87. The summed E-state index contributed by atoms with van der Waals surface area (Å²) in [5, 5.41) is 0. The van der Waals surface area contributed by atoms with Crippen molar-refractivity contribution in [2.24, 2.45) is 0 Å². The fourth-order valence-corrected chi connectivity index (χ4v) is 3.15. The van der Waals surface area contributed by atoms with Gasteiger partial charge in [-0.05, 0) is 37.6 Å². The van der Waals surface area contributed by atoms with Crippen molar-refractivity contribution in [2.45, 2.75) is 25.3 Å². The van der Waals surface area contributed by atoms with Crippen LogP contribution in [0, 0.1) is 0 Å². The van der Waals surface area contributed by atoms with Crippen molar-refractivity contribution in [3.63, 3.8) is 0 Å². The lowest BCUT2D eigenvalue weighted by Crippen LogP contribution is -2.33. The minimum absolute atomic E-state index is 0.351. The molecule has 3 aromatic rings. The van der Waals surface area contributed by atoms with Crippen LogP contribution in [0.25, 0.3) is 11.2 Å². The summed E-state index contributed by atoms with van der Waals surface area (Å²) in [7, 11) is 0. The Morgan fingerprint density at radius 2 is 2.13 bits per heavy atom. The summed E-state index contributed by atoms with van der Waals surface area (Å²) >= 11 is 0. The van der Waals surface area contributed by atoms with Gasteiger partial charge in [0.2, 0.25) is 0 Å². The molecule has 7 heteroatoms. The smallest absolute Gasteiger partial charge is 0.183 e. The van der Waals surface area contributed by atoms with Gasteiger partial charge in [0.15, 0.2) is 11.5 Å². The molecule has 0 unspecified atom stereocenters. The van der Waals surface area contributed by atoms with E-state index in [0.717, 1.165) is 43.8 Å². The van der Waals surface area contributed by atoms with Crippen LogP contribution in [0.5, 0.6) is 0 Å². The molecular formula is C16H19N7. The number of hydrogen-bond acceptors (Lipinski definition) is 6. The first-order valence-corrected chi connectivity index (χ1v) is 7.87. The number of nitrogens with one attached hydrogen (secondary N) is 1. The zero-order valence-electron chi connectivity index (χ0n) is 12.8. The van der Waals surface area contributed by atoms with E-state index in [1.54, 1.807) is 6.33 Å². The number of rotatable bonds is 3. The molecule has 1 saturated heterocycles. The maximum Gasteiger partial charge on any atom is 0.183 e. The van der Waals surface area contributed by atoms with E-state index in [-0.39, 0.29) is 0 Å². The van der Waals surface area contributed by atoms with E-state index >= 15 is 0 Å². The number of nitrogens with two attached hydrogens (primary N) is 1. The molecular weight excluding hydrogens is 290 g/mol. The number of piperidine rings is 1. The fraction of sp³-hybridized carbons (Fsp3) is 0.375. The van der Waals surface area contributed by atoms with Gasteiger partial charge >= 0.3 is 0 Å². The molecule has 1 aliphatic rings. The van der Waals surface area contributed by atoms with Gasteiger partial charge < -0.3 is 10.7 Å². The van der Waals surface area contributed by atoms with Gasteiger partial charge in [-0.25, -0.2) is 15.0 Å². The highest BCUT2D eigenvalue weighted by Crippen LogP contribution is 2.28. The van der Waals surface area contributed by atoms with Crippen molar-refractivity contribution < 1.29 is 0 Å². The molecule has 0 aromatic carbocycles. The minimum atomic E-state index is 0.351. The Morgan fingerprint density at radius 3 is 2.91 bits per heavy atom. The van der Waals surface area contributed by atoms with Crippen molar-refractivity contribution in [2.75, 3.05) is 18.8 Å². The molecule has 0 saturated carbocycles. The van der Waals surface area contributed by atoms with E-state index in [4.69, 9.17) is 5.73 Å². The Bertz CT molecular complexity index is 791. The number of anilines is 1. The summed E-state index contributed by atoms with van der Waals surface area (Å²) in [5.41, 5.74) is 8.63. The van der Waals surface area contributed by atoms with Gasteiger partial charge in [0.1, 0.15) is 11.3 Å². The molecule has 0 amide bonds. The first-order chi connectivity index (χ1) is 11.3. The average molecular weight is 309 g/mol. The highest BCUT2D eigenvalue weighted by Gasteiger charge is 2.24. The number of hydrogen-bond donors (Lipinski definition) is 2. The quantitative estimate of drug-likeness (QED) is 0.764. The highest BCUT2D eigenvalue weighted by molar-refractivity contribution is 5.80. The first-order valence-electron chi connectivity index (χ1n) is 7.87. The Balaban J connectivity index is 1.44. The van der Waals surface area contributed by atoms with E-state index in [2.05, 4.69) is 35.9 Å². The summed E-state index contributed by atoms with van der Waals surface area (Å²) in [6.07, 6.45) is 7.42. The summed E-state index contributed by atoms with van der Waals surface area (Å²) in [5.74, 6) is 1.66. The number of aromatic nitrogens is 5. The topological polar surface area (TPSA) is 96.6 Å². The molecule has 0 spiro atoms. The van der Waals surface area contributed by atoms with Crippen molar-refractivity contribution in [3.05, 3.63) is 42.2 Å². The number of imidazole rings is 1. The predicted molar refractivity (Wildman–Crippen MR) is 87.6 cm³/mol. The highest BCUT2D eigenvalue weighted by atomic mass is 15.1. The van der Waals surface area contributed by atoms with Gasteiger partial charge in [-0.2, -0.15) is 0 Å². The third-order valence-corrected chi connectivity index (χ3v) is 4.41. The van der Waals surface area contributed by atoms with Gasteiger partial charge in [0.05, 0.1) is 6.33 Å². The van der Waals surface area contributed by atoms with Gasteiger partial charge in [0.25, 0.3) is 0 Å². The van der Waals surface area contributed by atoms with Crippen molar-refractivity contribution in [1.82, 2.24) is 29.8 Å². The first kappa shape index (κ1) is 14.1. The SMILES string of the molecule is Nc1nc(C2CCN(Cc3cccnc3)CC2)nc2nc[nH]c12. The Morgan fingerprint density at radius 1 is 1.26 bits per heavy atom. The number of fused-ring (bicyclic) bond motifs is 1. The number of aromatic amines is 1. The maximum absolute atomic E-state index is 6.00. The van der Waals surface area contributed by atoms with Crippen molar-refractivity contribution in [3.8, 4) is 0 Å². The van der Waals surface area contributed by atoms with E-state index < -0.39 is 0 Å². The van der Waals surface area contributed by atoms with Crippen molar-refractivity contribution in [1.29, 1.82) is 0 Å². The zero-order chi connectivity index (χ0) is 15.6. The summed E-state index contributed by atoms with van der Waals surface area (Å²) in [4.78, 5) is 22.8. The number of nitrogen functional groups attached to an aromatic ring is 1. The Labute approximate surface area is 134 Å². The normalized spacial score (nSPS) is 16.9. The van der Waals surface area contributed by atoms with E-state index in [0.29, 0.717) is 17.4 Å². The second kappa shape index (κ2) is 5.92. The van der Waals surface area contributed by atoms with Crippen LogP contribution in [0.3, 0.4) is 0 Å². The average Bonchev–Trinajstić information content (AvgIpc) is 3.06. The van der Waals surface area contributed by atoms with Crippen LogP contribution in [0.2, 0.25) is 0 Å². The molecule has 1 aliphatic heterocycles. The molecule has 118 valence electrons. The maximum atomic E-state index is 6.00. The van der Waals surface area contributed by atoms with Crippen LogP contribution < -0.4 is 5.73 Å². The Kier molecular flexibility index (Phi) is 3.63. The summed E-state index contributed by atoms with van der Waals surface area (Å²) < 4.78 is 0. The van der Waals surface area contributed by atoms with Gasteiger partial charge in [0, 0.05) is 24.9 Å². The largest absolute Gasteiger partial charge is 0.382 e. The minimum Gasteiger partial charge on any atom is -0.382 e. The van der Waals surface area contributed by atoms with Crippen LogP contribution in [0.4, 0.5) is 5.82 Å². The lowest BCUT2D eigenvalue weighted by atomic mass is 9.95. The van der Waals surface area contributed by atoms with Crippen LogP contribution in [0.15, 0.2) is 30.9 Å². The molecule has 0 bridgehead atoms. The zero-order valence-corrected chi connectivity index (χ0v) is 12.8. The molecule has 0 aliphatic carbocycles. The van der Waals surface area contributed by atoms with Gasteiger partial charge in [-0.3, -0.25) is 9.88 Å². The molecule has 4 heterocycles. The third-order valence-electron chi connectivity index (χ3n) is 4.41. The second-order valence-electron chi connectivity index (χ2n) is 5.98. The molecule has 3 N–H and O–H groups in total. The molecule has 3 aromatic heterocycles.